The molecule has 0 aromatic heterocycles. The molecule has 2 unspecified atom stereocenters. The van der Waals surface area contributed by atoms with E-state index in [4.69, 9.17) is 4.74 Å². The van der Waals surface area contributed by atoms with Crippen LogP contribution in [0.25, 0.3) is 0 Å². The molecule has 0 aliphatic carbocycles. The van der Waals surface area contributed by atoms with E-state index in [1.54, 1.807) is 31.4 Å². The summed E-state index contributed by atoms with van der Waals surface area (Å²) in [6, 6.07) is 12.6. The average molecular weight is 530 g/mol. The summed E-state index contributed by atoms with van der Waals surface area (Å²) in [5, 5.41) is 2.96. The third kappa shape index (κ3) is 6.30. The number of hydrogen-bond donors (Lipinski definition) is 1. The van der Waals surface area contributed by atoms with Crippen molar-refractivity contribution in [2.45, 2.75) is 70.0 Å². The van der Waals surface area contributed by atoms with Gasteiger partial charge in [0.2, 0.25) is 11.8 Å². The first-order valence-electron chi connectivity index (χ1n) is 12.5. The normalized spacial score (nSPS) is 15.6. The van der Waals surface area contributed by atoms with Crippen molar-refractivity contribution in [1.29, 1.82) is 0 Å². The number of methoxy groups -OCH3 is 1. The SMILES string of the molecule is CCC(C)NC(=O)C(CC)N(Cc1ccc(OC)cc1)C(=O)CCCN1C(=O)c2ccccc2S1(=O)=O. The predicted octanol–water partition coefficient (Wildman–Crippen LogP) is 3.34. The van der Waals surface area contributed by atoms with E-state index >= 15 is 0 Å². The molecule has 0 saturated carbocycles. The first kappa shape index (κ1) is 28.2. The molecule has 2 atom stereocenters. The van der Waals surface area contributed by atoms with E-state index in [-0.39, 0.29) is 54.2 Å². The van der Waals surface area contributed by atoms with Crippen molar-refractivity contribution in [3.8, 4) is 5.75 Å². The zero-order valence-electron chi connectivity index (χ0n) is 21.8. The molecule has 1 aliphatic heterocycles. The van der Waals surface area contributed by atoms with Gasteiger partial charge in [-0.05, 0) is 56.0 Å². The average Bonchev–Trinajstić information content (AvgIpc) is 3.09. The van der Waals surface area contributed by atoms with Crippen molar-refractivity contribution >= 4 is 27.7 Å². The lowest BCUT2D eigenvalue weighted by atomic mass is 10.1. The van der Waals surface area contributed by atoms with Crippen LogP contribution in [0, 0.1) is 0 Å². The molecule has 1 N–H and O–H groups in total. The van der Waals surface area contributed by atoms with Gasteiger partial charge in [-0.15, -0.1) is 0 Å². The standard InChI is InChI=1S/C27H35N3O6S/c1-5-19(3)28-26(32)23(6-2)29(18-20-13-15-21(36-4)16-14-20)25(31)12-9-17-30-27(33)22-10-7-8-11-24(22)37(30,34)35/h7-8,10-11,13-16,19,23H,5-6,9,12,17-18H2,1-4H3,(H,28,32). The Labute approximate surface area is 218 Å². The summed E-state index contributed by atoms with van der Waals surface area (Å²) in [6.07, 6.45) is 1.30. The van der Waals surface area contributed by atoms with Gasteiger partial charge in [-0.2, -0.15) is 0 Å². The second kappa shape index (κ2) is 12.2. The van der Waals surface area contributed by atoms with Crippen LogP contribution < -0.4 is 10.1 Å². The number of amides is 3. The van der Waals surface area contributed by atoms with Crippen LogP contribution in [0.1, 0.15) is 62.4 Å². The molecule has 0 fully saturated rings. The molecule has 0 spiro atoms. The molecule has 9 nitrogen and oxygen atoms in total. The zero-order chi connectivity index (χ0) is 27.2. The second-order valence-electron chi connectivity index (χ2n) is 9.09. The lowest BCUT2D eigenvalue weighted by Gasteiger charge is -2.31. The Morgan fingerprint density at radius 1 is 1.05 bits per heavy atom. The van der Waals surface area contributed by atoms with Crippen LogP contribution in [0.5, 0.6) is 5.75 Å². The van der Waals surface area contributed by atoms with Gasteiger partial charge in [0.05, 0.1) is 12.7 Å². The third-order valence-electron chi connectivity index (χ3n) is 6.56. The first-order chi connectivity index (χ1) is 17.6. The summed E-state index contributed by atoms with van der Waals surface area (Å²) in [5.74, 6) is -0.423. The van der Waals surface area contributed by atoms with E-state index in [0.29, 0.717) is 12.2 Å². The maximum absolute atomic E-state index is 13.4. The number of hydrogen-bond acceptors (Lipinski definition) is 6. The van der Waals surface area contributed by atoms with Gasteiger partial charge in [-0.25, -0.2) is 12.7 Å². The first-order valence-corrected chi connectivity index (χ1v) is 14.0. The van der Waals surface area contributed by atoms with Gasteiger partial charge < -0.3 is 15.0 Å². The Morgan fingerprint density at radius 3 is 2.32 bits per heavy atom. The van der Waals surface area contributed by atoms with Crippen molar-refractivity contribution in [2.24, 2.45) is 0 Å². The summed E-state index contributed by atoms with van der Waals surface area (Å²) >= 11 is 0. The smallest absolute Gasteiger partial charge is 0.269 e. The quantitative estimate of drug-likeness (QED) is 0.451. The number of fused-ring (bicyclic) bond motifs is 1. The molecular formula is C27H35N3O6S. The fourth-order valence-corrected chi connectivity index (χ4v) is 5.87. The molecule has 3 rings (SSSR count). The van der Waals surface area contributed by atoms with E-state index in [2.05, 4.69) is 5.32 Å². The van der Waals surface area contributed by atoms with E-state index in [9.17, 15) is 22.8 Å². The van der Waals surface area contributed by atoms with Crippen LogP contribution in [0.4, 0.5) is 0 Å². The Balaban J connectivity index is 1.75. The number of ether oxygens (including phenoxy) is 1. The Morgan fingerprint density at radius 2 is 1.73 bits per heavy atom. The molecule has 0 saturated heterocycles. The highest BCUT2D eigenvalue weighted by atomic mass is 32.2. The van der Waals surface area contributed by atoms with E-state index < -0.39 is 22.0 Å². The van der Waals surface area contributed by atoms with E-state index in [0.717, 1.165) is 16.3 Å². The highest BCUT2D eigenvalue weighted by molar-refractivity contribution is 7.90. The number of nitrogens with one attached hydrogen (secondary N) is 1. The summed E-state index contributed by atoms with van der Waals surface area (Å²) in [5.41, 5.74) is 0.972. The van der Waals surface area contributed by atoms with Crippen LogP contribution in [0.2, 0.25) is 0 Å². The summed E-state index contributed by atoms with van der Waals surface area (Å²) < 4.78 is 31.7. The monoisotopic (exact) mass is 529 g/mol. The van der Waals surface area contributed by atoms with Gasteiger partial charge >= 0.3 is 0 Å². The molecule has 2 aromatic rings. The van der Waals surface area contributed by atoms with E-state index in [1.807, 2.05) is 32.9 Å². The summed E-state index contributed by atoms with van der Waals surface area (Å²) in [7, 11) is -2.37. The molecule has 0 radical (unpaired) electrons. The highest BCUT2D eigenvalue weighted by Crippen LogP contribution is 2.30. The number of rotatable bonds is 12. The molecule has 2 aromatic carbocycles. The number of benzene rings is 2. The van der Waals surface area contributed by atoms with Crippen LogP contribution >= 0.6 is 0 Å². The maximum atomic E-state index is 13.4. The Hall–Kier alpha value is -3.40. The molecule has 1 aliphatic rings. The fraction of sp³-hybridized carbons (Fsp3) is 0.444. The van der Waals surface area contributed by atoms with E-state index in [1.165, 1.54) is 17.0 Å². The van der Waals surface area contributed by atoms with Crippen LogP contribution in [0.15, 0.2) is 53.4 Å². The summed E-state index contributed by atoms with van der Waals surface area (Å²) in [4.78, 5) is 40.7. The number of nitrogens with zero attached hydrogens (tertiary/aromatic N) is 2. The number of carbonyl (C=O) groups excluding carboxylic acids is 3. The van der Waals surface area contributed by atoms with Gasteiger partial charge in [0.15, 0.2) is 0 Å². The zero-order valence-corrected chi connectivity index (χ0v) is 22.6. The van der Waals surface area contributed by atoms with Gasteiger partial charge in [-0.3, -0.25) is 14.4 Å². The third-order valence-corrected chi connectivity index (χ3v) is 8.40. The van der Waals surface area contributed by atoms with Gasteiger partial charge in [0, 0.05) is 25.6 Å². The lowest BCUT2D eigenvalue weighted by molar-refractivity contribution is -0.141. The van der Waals surface area contributed by atoms with Crippen molar-refractivity contribution in [2.75, 3.05) is 13.7 Å². The van der Waals surface area contributed by atoms with Crippen molar-refractivity contribution < 1.29 is 27.5 Å². The molecule has 10 heteroatoms. The molecule has 0 bridgehead atoms. The predicted molar refractivity (Wildman–Crippen MR) is 139 cm³/mol. The van der Waals surface area contributed by atoms with Crippen molar-refractivity contribution in [3.05, 3.63) is 59.7 Å². The highest BCUT2D eigenvalue weighted by Gasteiger charge is 2.40. The van der Waals surface area contributed by atoms with Crippen molar-refractivity contribution in [1.82, 2.24) is 14.5 Å². The molecule has 3 amide bonds. The Kier molecular flexibility index (Phi) is 9.31. The number of sulfonamides is 1. The largest absolute Gasteiger partial charge is 0.497 e. The maximum Gasteiger partial charge on any atom is 0.269 e. The van der Waals surface area contributed by atoms with Gasteiger partial charge in [0.25, 0.3) is 15.9 Å². The minimum atomic E-state index is -3.94. The number of carbonyl (C=O) groups is 3. The van der Waals surface area contributed by atoms with Crippen LogP contribution in [-0.2, 0) is 26.2 Å². The molecular weight excluding hydrogens is 494 g/mol. The van der Waals surface area contributed by atoms with Gasteiger partial charge in [-0.1, -0.05) is 38.1 Å². The van der Waals surface area contributed by atoms with Crippen LogP contribution in [0.3, 0.4) is 0 Å². The fourth-order valence-electron chi connectivity index (χ4n) is 4.26. The summed E-state index contributed by atoms with van der Waals surface area (Å²) in [6.45, 7) is 5.82. The van der Waals surface area contributed by atoms with Crippen LogP contribution in [-0.4, -0.2) is 61.1 Å². The molecule has 200 valence electrons. The minimum Gasteiger partial charge on any atom is -0.497 e. The molecule has 37 heavy (non-hydrogen) atoms. The Bertz CT molecular complexity index is 1230. The second-order valence-corrected chi connectivity index (χ2v) is 10.9. The van der Waals surface area contributed by atoms with Gasteiger partial charge in [0.1, 0.15) is 16.7 Å². The topological polar surface area (TPSA) is 113 Å². The minimum absolute atomic E-state index is 0.0137. The lowest BCUT2D eigenvalue weighted by Crippen LogP contribution is -2.50. The van der Waals surface area contributed by atoms with Crippen molar-refractivity contribution in [3.63, 3.8) is 0 Å². The molecule has 1 heterocycles.